The quantitative estimate of drug-likeness (QED) is 0.799. The van der Waals surface area contributed by atoms with Gasteiger partial charge in [-0.1, -0.05) is 11.3 Å². The number of amides is 1. The molecule has 3 aromatic rings. The van der Waals surface area contributed by atoms with Crippen LogP contribution in [0.4, 0.5) is 9.52 Å². The zero-order valence-corrected chi connectivity index (χ0v) is 11.3. The number of anilines is 1. The number of carbonyl (C=O) groups is 1. The van der Waals surface area contributed by atoms with Crippen molar-refractivity contribution in [1.29, 1.82) is 0 Å². The highest BCUT2D eigenvalue weighted by atomic mass is 32.1. The van der Waals surface area contributed by atoms with E-state index in [1.807, 2.05) is 6.92 Å². The molecule has 8 heteroatoms. The number of halogens is 1. The first kappa shape index (κ1) is 12.7. The van der Waals surface area contributed by atoms with E-state index in [0.717, 1.165) is 5.01 Å². The average Bonchev–Trinajstić information content (AvgIpc) is 2.94. The van der Waals surface area contributed by atoms with Crippen LogP contribution in [0.15, 0.2) is 24.5 Å². The van der Waals surface area contributed by atoms with E-state index in [9.17, 15) is 9.18 Å². The van der Waals surface area contributed by atoms with Crippen LogP contribution in [0.3, 0.4) is 0 Å². The molecule has 0 aliphatic carbocycles. The molecule has 3 rings (SSSR count). The van der Waals surface area contributed by atoms with Gasteiger partial charge in [-0.2, -0.15) is 0 Å². The minimum Gasteiger partial charge on any atom is -0.304 e. The van der Waals surface area contributed by atoms with E-state index in [1.165, 1.54) is 23.6 Å². The van der Waals surface area contributed by atoms with Crippen LogP contribution in [-0.4, -0.2) is 25.5 Å². The van der Waals surface area contributed by atoms with Crippen molar-refractivity contribution in [2.75, 3.05) is 5.32 Å². The Morgan fingerprint density at radius 1 is 1.40 bits per heavy atom. The number of aromatic nitrogens is 4. The van der Waals surface area contributed by atoms with E-state index in [-0.39, 0.29) is 18.1 Å². The number of nitrogens with zero attached hydrogens (tertiary/aromatic N) is 4. The largest absolute Gasteiger partial charge is 0.304 e. The number of hydrogen-bond donors (Lipinski definition) is 1. The van der Waals surface area contributed by atoms with Crippen molar-refractivity contribution in [2.24, 2.45) is 0 Å². The van der Waals surface area contributed by atoms with Gasteiger partial charge in [0.1, 0.15) is 16.5 Å². The summed E-state index contributed by atoms with van der Waals surface area (Å²) in [6, 6.07) is 2.89. The molecule has 0 unspecified atom stereocenters. The number of nitrogens with one attached hydrogen (secondary N) is 1. The minimum absolute atomic E-state index is 0.0991. The van der Waals surface area contributed by atoms with E-state index in [1.54, 1.807) is 16.7 Å². The molecule has 0 atom stereocenters. The molecule has 3 heterocycles. The molecule has 102 valence electrons. The minimum atomic E-state index is -0.352. The molecule has 0 aliphatic heterocycles. The standard InChI is InChI=1S/C12H10FN5OS/c1-7-16-17-12(20-7)15-11(19)4-9-6-18-5-8(13)2-3-10(18)14-9/h2-3,5-6H,4H2,1H3,(H,15,17,19). The molecule has 0 radical (unpaired) electrons. The van der Waals surface area contributed by atoms with Crippen molar-refractivity contribution in [3.8, 4) is 0 Å². The van der Waals surface area contributed by atoms with Crippen molar-refractivity contribution in [2.45, 2.75) is 13.3 Å². The number of rotatable bonds is 3. The lowest BCUT2D eigenvalue weighted by atomic mass is 10.3. The van der Waals surface area contributed by atoms with Gasteiger partial charge in [0.2, 0.25) is 11.0 Å². The molecular weight excluding hydrogens is 281 g/mol. The van der Waals surface area contributed by atoms with Crippen molar-refractivity contribution >= 4 is 28.0 Å². The monoisotopic (exact) mass is 291 g/mol. The second kappa shape index (κ2) is 4.97. The maximum atomic E-state index is 13.1. The van der Waals surface area contributed by atoms with Crippen molar-refractivity contribution in [1.82, 2.24) is 19.6 Å². The lowest BCUT2D eigenvalue weighted by molar-refractivity contribution is -0.115. The Hall–Kier alpha value is -2.35. The van der Waals surface area contributed by atoms with Gasteiger partial charge in [0.15, 0.2) is 0 Å². The molecule has 0 saturated heterocycles. The summed E-state index contributed by atoms with van der Waals surface area (Å²) in [5, 5.41) is 11.5. The molecule has 0 aliphatic rings. The molecule has 0 bridgehead atoms. The topological polar surface area (TPSA) is 72.2 Å². The Balaban J connectivity index is 1.73. The van der Waals surface area contributed by atoms with Gasteiger partial charge in [-0.05, 0) is 19.1 Å². The number of imidazole rings is 1. The molecular formula is C12H10FN5OS. The molecule has 1 amide bonds. The van der Waals surface area contributed by atoms with E-state index in [4.69, 9.17) is 0 Å². The molecule has 0 spiro atoms. The van der Waals surface area contributed by atoms with Gasteiger partial charge in [0.25, 0.3) is 0 Å². The first-order chi connectivity index (χ1) is 9.60. The number of pyridine rings is 1. The summed E-state index contributed by atoms with van der Waals surface area (Å²) in [7, 11) is 0. The van der Waals surface area contributed by atoms with Gasteiger partial charge in [0.05, 0.1) is 12.1 Å². The van der Waals surface area contributed by atoms with Crippen molar-refractivity contribution in [3.05, 3.63) is 41.0 Å². The maximum absolute atomic E-state index is 13.1. The fourth-order valence-electron chi connectivity index (χ4n) is 1.78. The highest BCUT2D eigenvalue weighted by Crippen LogP contribution is 2.14. The number of carbonyl (C=O) groups excluding carboxylic acids is 1. The Morgan fingerprint density at radius 2 is 2.25 bits per heavy atom. The van der Waals surface area contributed by atoms with Crippen LogP contribution >= 0.6 is 11.3 Å². The van der Waals surface area contributed by atoms with Gasteiger partial charge in [0, 0.05) is 12.4 Å². The predicted octanol–water partition coefficient (Wildman–Crippen LogP) is 1.81. The van der Waals surface area contributed by atoms with Crippen LogP contribution in [0.25, 0.3) is 5.65 Å². The highest BCUT2D eigenvalue weighted by molar-refractivity contribution is 7.15. The van der Waals surface area contributed by atoms with Crippen LogP contribution < -0.4 is 5.32 Å². The molecule has 1 N–H and O–H groups in total. The van der Waals surface area contributed by atoms with Crippen molar-refractivity contribution < 1.29 is 9.18 Å². The summed E-state index contributed by atoms with van der Waals surface area (Å²) in [6.07, 6.45) is 3.04. The number of aryl methyl sites for hydroxylation is 1. The van der Waals surface area contributed by atoms with Crippen LogP contribution in [0, 0.1) is 12.7 Å². The predicted molar refractivity (Wildman–Crippen MR) is 72.1 cm³/mol. The summed E-state index contributed by atoms with van der Waals surface area (Å²) in [6.45, 7) is 1.81. The molecule has 0 saturated carbocycles. The molecule has 0 fully saturated rings. The summed E-state index contributed by atoms with van der Waals surface area (Å²) >= 11 is 1.30. The smallest absolute Gasteiger partial charge is 0.232 e. The first-order valence-electron chi connectivity index (χ1n) is 5.83. The molecule has 20 heavy (non-hydrogen) atoms. The second-order valence-electron chi connectivity index (χ2n) is 4.20. The lowest BCUT2D eigenvalue weighted by Crippen LogP contribution is -2.14. The zero-order valence-electron chi connectivity index (χ0n) is 10.5. The molecule has 0 aromatic carbocycles. The zero-order chi connectivity index (χ0) is 14.1. The SMILES string of the molecule is Cc1nnc(NC(=O)Cc2cn3cc(F)ccc3n2)s1. The van der Waals surface area contributed by atoms with Gasteiger partial charge in [-0.15, -0.1) is 10.2 Å². The Labute approximate surface area is 117 Å². The Morgan fingerprint density at radius 3 is 3.00 bits per heavy atom. The molecule has 3 aromatic heterocycles. The van der Waals surface area contributed by atoms with Crippen LogP contribution in [0.5, 0.6) is 0 Å². The van der Waals surface area contributed by atoms with Crippen molar-refractivity contribution in [3.63, 3.8) is 0 Å². The van der Waals surface area contributed by atoms with Gasteiger partial charge < -0.3 is 9.72 Å². The maximum Gasteiger partial charge on any atom is 0.232 e. The number of fused-ring (bicyclic) bond motifs is 1. The Kier molecular flexibility index (Phi) is 3.15. The third-order valence-electron chi connectivity index (χ3n) is 2.58. The molecule has 6 nitrogen and oxygen atoms in total. The third kappa shape index (κ3) is 2.64. The van der Waals surface area contributed by atoms with Gasteiger partial charge in [-0.25, -0.2) is 9.37 Å². The second-order valence-corrected chi connectivity index (χ2v) is 5.38. The lowest BCUT2D eigenvalue weighted by Gasteiger charge is -1.97. The van der Waals surface area contributed by atoms with Gasteiger partial charge >= 0.3 is 0 Å². The normalized spacial score (nSPS) is 10.9. The van der Waals surface area contributed by atoms with Gasteiger partial charge in [-0.3, -0.25) is 4.79 Å². The summed E-state index contributed by atoms with van der Waals surface area (Å²) < 4.78 is 14.6. The highest BCUT2D eigenvalue weighted by Gasteiger charge is 2.10. The summed E-state index contributed by atoms with van der Waals surface area (Å²) in [5.74, 6) is -0.583. The van der Waals surface area contributed by atoms with E-state index in [0.29, 0.717) is 16.5 Å². The summed E-state index contributed by atoms with van der Waals surface area (Å²) in [5.41, 5.74) is 1.16. The average molecular weight is 291 g/mol. The third-order valence-corrected chi connectivity index (χ3v) is 3.33. The first-order valence-corrected chi connectivity index (χ1v) is 6.65. The van der Waals surface area contributed by atoms with Crippen LogP contribution in [0.1, 0.15) is 10.7 Å². The van der Waals surface area contributed by atoms with Crippen LogP contribution in [0.2, 0.25) is 0 Å². The fraction of sp³-hybridized carbons (Fsp3) is 0.167. The summed E-state index contributed by atoms with van der Waals surface area (Å²) in [4.78, 5) is 16.1. The van der Waals surface area contributed by atoms with E-state index in [2.05, 4.69) is 20.5 Å². The van der Waals surface area contributed by atoms with E-state index >= 15 is 0 Å². The van der Waals surface area contributed by atoms with E-state index < -0.39 is 0 Å². The Bertz CT molecular complexity index is 781. The fourth-order valence-corrected chi connectivity index (χ4v) is 2.39. The van der Waals surface area contributed by atoms with Crippen LogP contribution in [-0.2, 0) is 11.2 Å². The number of hydrogen-bond acceptors (Lipinski definition) is 5.